The van der Waals surface area contributed by atoms with Crippen LogP contribution in [0.25, 0.3) is 0 Å². The topological polar surface area (TPSA) is 55.3 Å². The number of halogens is 1. The highest BCUT2D eigenvalue weighted by Crippen LogP contribution is 2.27. The van der Waals surface area contributed by atoms with Crippen LogP contribution >= 0.6 is 11.6 Å². The van der Waals surface area contributed by atoms with E-state index in [4.69, 9.17) is 16.3 Å². The van der Waals surface area contributed by atoms with Crippen molar-refractivity contribution in [2.24, 2.45) is 0 Å². The molecular weight excluding hydrogens is 266 g/mol. The zero-order valence-electron chi connectivity index (χ0n) is 11.4. The zero-order chi connectivity index (χ0) is 14.0. The van der Waals surface area contributed by atoms with Gasteiger partial charge in [0.25, 0.3) is 0 Å². The van der Waals surface area contributed by atoms with Crippen LogP contribution in [0.3, 0.4) is 0 Å². The van der Waals surface area contributed by atoms with E-state index in [-0.39, 0.29) is 17.3 Å². The van der Waals surface area contributed by atoms with Gasteiger partial charge >= 0.3 is 6.09 Å². The molecule has 2 rings (SSSR count). The summed E-state index contributed by atoms with van der Waals surface area (Å²) in [6.45, 7) is 6.94. The van der Waals surface area contributed by atoms with Crippen LogP contribution in [0.4, 0.5) is 4.79 Å². The number of ether oxygens (including phenoxy) is 1. The molecule has 0 spiro atoms. The zero-order valence-corrected chi connectivity index (χ0v) is 12.1. The lowest BCUT2D eigenvalue weighted by molar-refractivity contribution is 0.0292. The second-order valence-electron chi connectivity index (χ2n) is 5.70. The Balaban J connectivity index is 1.96. The third-order valence-corrected chi connectivity index (χ3v) is 3.15. The highest BCUT2D eigenvalue weighted by Gasteiger charge is 2.30. The Hall–Kier alpha value is -1.36. The van der Waals surface area contributed by atoms with Crippen LogP contribution in [0.2, 0.25) is 5.28 Å². The van der Waals surface area contributed by atoms with Gasteiger partial charge in [-0.1, -0.05) is 0 Å². The molecule has 0 saturated carbocycles. The Morgan fingerprint density at radius 3 is 2.63 bits per heavy atom. The number of hydrogen-bond acceptors (Lipinski definition) is 4. The number of aromatic nitrogens is 2. The van der Waals surface area contributed by atoms with Crippen molar-refractivity contribution in [3.63, 3.8) is 0 Å². The van der Waals surface area contributed by atoms with Crippen LogP contribution in [0.5, 0.6) is 0 Å². The average Bonchev–Trinajstić information content (AvgIpc) is 2.77. The van der Waals surface area contributed by atoms with Gasteiger partial charge in [-0.3, -0.25) is 0 Å². The molecule has 1 saturated heterocycles. The van der Waals surface area contributed by atoms with Crippen LogP contribution in [0, 0.1) is 0 Å². The standard InChI is InChI=1S/C13H18ClN3O2/c1-13(2,3)19-12(18)17-5-4-9(8-17)10-6-15-11(14)16-7-10/h6-7,9H,4-5,8H2,1-3H3. The van der Waals surface area contributed by atoms with Crippen molar-refractivity contribution < 1.29 is 9.53 Å². The number of rotatable bonds is 1. The summed E-state index contributed by atoms with van der Waals surface area (Å²) in [6.07, 6.45) is 4.08. The lowest BCUT2D eigenvalue weighted by Gasteiger charge is -2.24. The number of hydrogen-bond donors (Lipinski definition) is 0. The molecule has 1 atom stereocenters. The van der Waals surface area contributed by atoms with Gasteiger partial charge in [0, 0.05) is 31.4 Å². The second kappa shape index (κ2) is 5.33. The summed E-state index contributed by atoms with van der Waals surface area (Å²) in [5.74, 6) is 0.254. The molecule has 19 heavy (non-hydrogen) atoms. The summed E-state index contributed by atoms with van der Waals surface area (Å²) in [5.41, 5.74) is 0.550. The number of likely N-dealkylation sites (tertiary alicyclic amines) is 1. The van der Waals surface area contributed by atoms with Crippen molar-refractivity contribution >= 4 is 17.7 Å². The van der Waals surface area contributed by atoms with E-state index in [2.05, 4.69) is 9.97 Å². The molecule has 1 aromatic heterocycles. The molecule has 1 aliphatic rings. The summed E-state index contributed by atoms with van der Waals surface area (Å²) < 4.78 is 5.36. The molecule has 0 aromatic carbocycles. The lowest BCUT2D eigenvalue weighted by atomic mass is 10.0. The number of amides is 1. The minimum atomic E-state index is -0.460. The first-order valence-electron chi connectivity index (χ1n) is 6.30. The molecule has 2 heterocycles. The molecule has 1 fully saturated rings. The van der Waals surface area contributed by atoms with Crippen LogP contribution in [0.1, 0.15) is 38.7 Å². The van der Waals surface area contributed by atoms with Crippen molar-refractivity contribution in [3.05, 3.63) is 23.2 Å². The van der Waals surface area contributed by atoms with Gasteiger partial charge in [-0.05, 0) is 44.4 Å². The molecule has 1 amide bonds. The van der Waals surface area contributed by atoms with Gasteiger partial charge in [0.05, 0.1) is 0 Å². The van der Waals surface area contributed by atoms with Gasteiger partial charge in [0.2, 0.25) is 5.28 Å². The molecular formula is C13H18ClN3O2. The van der Waals surface area contributed by atoms with E-state index in [9.17, 15) is 4.79 Å². The third kappa shape index (κ3) is 3.80. The molecule has 1 aliphatic heterocycles. The fourth-order valence-corrected chi connectivity index (χ4v) is 2.16. The third-order valence-electron chi connectivity index (χ3n) is 2.95. The molecule has 1 unspecified atom stereocenters. The second-order valence-corrected chi connectivity index (χ2v) is 6.04. The summed E-state index contributed by atoms with van der Waals surface area (Å²) in [6, 6.07) is 0. The molecule has 0 aliphatic carbocycles. The maximum atomic E-state index is 11.9. The van der Waals surface area contributed by atoms with Crippen molar-refractivity contribution in [3.8, 4) is 0 Å². The van der Waals surface area contributed by atoms with E-state index in [1.165, 1.54) is 0 Å². The molecule has 104 valence electrons. The average molecular weight is 284 g/mol. The predicted molar refractivity (Wildman–Crippen MR) is 72.2 cm³/mol. The summed E-state index contributed by atoms with van der Waals surface area (Å²) in [5, 5.41) is 0.241. The van der Waals surface area contributed by atoms with E-state index in [0.717, 1.165) is 12.0 Å². The lowest BCUT2D eigenvalue weighted by Crippen LogP contribution is -2.35. The van der Waals surface area contributed by atoms with Crippen molar-refractivity contribution in [2.45, 2.75) is 38.7 Å². The molecule has 0 bridgehead atoms. The summed E-state index contributed by atoms with van der Waals surface area (Å²) >= 11 is 5.66. The Morgan fingerprint density at radius 2 is 2.05 bits per heavy atom. The monoisotopic (exact) mass is 283 g/mol. The van der Waals surface area contributed by atoms with Gasteiger partial charge in [-0.2, -0.15) is 0 Å². The first-order valence-corrected chi connectivity index (χ1v) is 6.68. The maximum Gasteiger partial charge on any atom is 0.410 e. The maximum absolute atomic E-state index is 11.9. The highest BCUT2D eigenvalue weighted by molar-refractivity contribution is 6.28. The van der Waals surface area contributed by atoms with E-state index < -0.39 is 5.60 Å². The van der Waals surface area contributed by atoms with Gasteiger partial charge in [0.15, 0.2) is 0 Å². The molecule has 0 N–H and O–H groups in total. The Morgan fingerprint density at radius 1 is 1.42 bits per heavy atom. The number of nitrogens with zero attached hydrogens (tertiary/aromatic N) is 3. The largest absolute Gasteiger partial charge is 0.444 e. The van der Waals surface area contributed by atoms with Crippen LogP contribution in [0.15, 0.2) is 12.4 Å². The van der Waals surface area contributed by atoms with E-state index in [1.807, 2.05) is 20.8 Å². The van der Waals surface area contributed by atoms with Crippen molar-refractivity contribution in [1.82, 2.24) is 14.9 Å². The van der Waals surface area contributed by atoms with Crippen molar-refractivity contribution in [1.29, 1.82) is 0 Å². The van der Waals surface area contributed by atoms with Crippen LogP contribution in [-0.4, -0.2) is 39.7 Å². The van der Waals surface area contributed by atoms with E-state index in [0.29, 0.717) is 13.1 Å². The summed E-state index contributed by atoms with van der Waals surface area (Å²) in [4.78, 5) is 21.6. The summed E-state index contributed by atoms with van der Waals surface area (Å²) in [7, 11) is 0. The fourth-order valence-electron chi connectivity index (χ4n) is 2.06. The Bertz CT molecular complexity index is 456. The molecule has 0 radical (unpaired) electrons. The van der Waals surface area contributed by atoms with Gasteiger partial charge < -0.3 is 9.64 Å². The highest BCUT2D eigenvalue weighted by atomic mass is 35.5. The van der Waals surface area contributed by atoms with Crippen LogP contribution in [-0.2, 0) is 4.74 Å². The SMILES string of the molecule is CC(C)(C)OC(=O)N1CCC(c2cnc(Cl)nc2)C1. The Labute approximate surface area is 117 Å². The van der Waals surface area contributed by atoms with Crippen molar-refractivity contribution in [2.75, 3.05) is 13.1 Å². The first kappa shape index (κ1) is 14.1. The number of carbonyl (C=O) groups is 1. The smallest absolute Gasteiger partial charge is 0.410 e. The van der Waals surface area contributed by atoms with E-state index >= 15 is 0 Å². The Kier molecular flexibility index (Phi) is 3.94. The minimum Gasteiger partial charge on any atom is -0.444 e. The first-order chi connectivity index (χ1) is 8.85. The molecule has 5 nitrogen and oxygen atoms in total. The van der Waals surface area contributed by atoms with Gasteiger partial charge in [0.1, 0.15) is 5.60 Å². The van der Waals surface area contributed by atoms with E-state index in [1.54, 1.807) is 17.3 Å². The fraction of sp³-hybridized carbons (Fsp3) is 0.615. The number of carbonyl (C=O) groups excluding carboxylic acids is 1. The quantitative estimate of drug-likeness (QED) is 0.744. The normalized spacial score (nSPS) is 19.6. The van der Waals surface area contributed by atoms with Gasteiger partial charge in [-0.15, -0.1) is 0 Å². The minimum absolute atomic E-state index is 0.241. The molecule has 1 aromatic rings. The van der Waals surface area contributed by atoms with Crippen LogP contribution < -0.4 is 0 Å². The predicted octanol–water partition coefficient (Wildman–Crippen LogP) is 2.85. The van der Waals surface area contributed by atoms with Gasteiger partial charge in [-0.25, -0.2) is 14.8 Å². The molecule has 6 heteroatoms.